The van der Waals surface area contributed by atoms with Gasteiger partial charge in [0, 0.05) is 19.5 Å². The highest BCUT2D eigenvalue weighted by molar-refractivity contribution is 7.89. The molecule has 0 N–H and O–H groups in total. The minimum absolute atomic E-state index is 0.269. The summed E-state index contributed by atoms with van der Waals surface area (Å²) < 4.78 is 32.1. The Kier molecular flexibility index (Phi) is 3.33. The highest BCUT2D eigenvalue weighted by atomic mass is 32.2. The Labute approximate surface area is 105 Å². The van der Waals surface area contributed by atoms with E-state index in [1.807, 2.05) is 0 Å². The maximum Gasteiger partial charge on any atom is 0.260 e. The van der Waals surface area contributed by atoms with Crippen molar-refractivity contribution < 1.29 is 12.9 Å². The maximum absolute atomic E-state index is 11.7. The van der Waals surface area contributed by atoms with Crippen LogP contribution in [0.2, 0.25) is 0 Å². The quantitative estimate of drug-likeness (QED) is 0.615. The molecule has 7 heteroatoms. The van der Waals surface area contributed by atoms with Crippen LogP contribution in [0.4, 0.5) is 0 Å². The Hall–Kier alpha value is -1.89. The summed E-state index contributed by atoms with van der Waals surface area (Å²) >= 11 is 0. The summed E-state index contributed by atoms with van der Waals surface area (Å²) in [7, 11) is -0.188. The topological polar surface area (TPSA) is 75.8 Å². The molecule has 96 valence electrons. The molecule has 1 heterocycles. The summed E-state index contributed by atoms with van der Waals surface area (Å²) in [4.78, 5) is 1.55. The number of fused-ring (bicyclic) bond motifs is 1. The number of nitrogens with zero attached hydrogens (tertiary/aromatic N) is 3. The highest BCUT2D eigenvalue weighted by Gasteiger charge is 2.16. The number of hydrogen-bond acceptors (Lipinski definition) is 4. The van der Waals surface area contributed by atoms with Gasteiger partial charge in [0.15, 0.2) is 5.58 Å². The van der Waals surface area contributed by atoms with Crippen LogP contribution < -0.4 is 0 Å². The first-order valence-corrected chi connectivity index (χ1v) is 6.87. The fourth-order valence-electron chi connectivity index (χ4n) is 1.42. The lowest BCUT2D eigenvalue weighted by molar-refractivity contribution is 0.448. The standard InChI is InChI=1S/C11H13N3O3S/c1-14(2)8-12-18(15,16)7-10-9-5-3-4-6-11(9)17-13-10/h3-6,8H,7H2,1-2H3. The molecule has 0 radical (unpaired) electrons. The Morgan fingerprint density at radius 1 is 1.39 bits per heavy atom. The second-order valence-corrected chi connectivity index (χ2v) is 5.70. The first kappa shape index (κ1) is 12.6. The molecular formula is C11H13N3O3S. The lowest BCUT2D eigenvalue weighted by Crippen LogP contribution is -2.11. The normalized spacial score (nSPS) is 12.3. The van der Waals surface area contributed by atoms with Crippen molar-refractivity contribution in [1.82, 2.24) is 10.1 Å². The molecule has 0 saturated carbocycles. The first-order chi connectivity index (χ1) is 8.48. The van der Waals surface area contributed by atoms with E-state index in [9.17, 15) is 8.42 Å². The van der Waals surface area contributed by atoms with Crippen molar-refractivity contribution in [3.05, 3.63) is 30.0 Å². The van der Waals surface area contributed by atoms with Crippen molar-refractivity contribution in [1.29, 1.82) is 0 Å². The van der Waals surface area contributed by atoms with E-state index in [2.05, 4.69) is 9.55 Å². The Balaban J connectivity index is 2.29. The minimum atomic E-state index is -3.59. The average Bonchev–Trinajstić information content (AvgIpc) is 2.70. The van der Waals surface area contributed by atoms with Crippen LogP contribution >= 0.6 is 0 Å². The van der Waals surface area contributed by atoms with Gasteiger partial charge in [-0.2, -0.15) is 4.40 Å². The highest BCUT2D eigenvalue weighted by Crippen LogP contribution is 2.19. The van der Waals surface area contributed by atoms with Gasteiger partial charge in [-0.1, -0.05) is 17.3 Å². The van der Waals surface area contributed by atoms with Crippen LogP contribution in [0.15, 0.2) is 33.2 Å². The van der Waals surface area contributed by atoms with Gasteiger partial charge in [-0.25, -0.2) is 8.42 Å². The van der Waals surface area contributed by atoms with Gasteiger partial charge in [-0.3, -0.25) is 0 Å². The molecule has 0 aliphatic heterocycles. The zero-order valence-electron chi connectivity index (χ0n) is 10.1. The van der Waals surface area contributed by atoms with Gasteiger partial charge < -0.3 is 9.42 Å². The van der Waals surface area contributed by atoms with Crippen LogP contribution in [-0.2, 0) is 15.8 Å². The summed E-state index contributed by atoms with van der Waals surface area (Å²) in [6.45, 7) is 0. The molecule has 0 saturated heterocycles. The number of benzene rings is 1. The molecule has 18 heavy (non-hydrogen) atoms. The van der Waals surface area contributed by atoms with Gasteiger partial charge in [0.1, 0.15) is 17.8 Å². The number of sulfonamides is 1. The van der Waals surface area contributed by atoms with Crippen LogP contribution in [0.3, 0.4) is 0 Å². The van der Waals surface area contributed by atoms with E-state index in [4.69, 9.17) is 4.52 Å². The minimum Gasteiger partial charge on any atom is -0.368 e. The van der Waals surface area contributed by atoms with E-state index >= 15 is 0 Å². The summed E-state index contributed by atoms with van der Waals surface area (Å²) in [6, 6.07) is 7.11. The third kappa shape index (κ3) is 2.86. The van der Waals surface area contributed by atoms with Crippen LogP contribution in [0, 0.1) is 0 Å². The summed E-state index contributed by atoms with van der Waals surface area (Å²) in [6.07, 6.45) is 1.25. The van der Waals surface area contributed by atoms with Crippen molar-refractivity contribution in [2.24, 2.45) is 4.40 Å². The average molecular weight is 267 g/mol. The Morgan fingerprint density at radius 3 is 2.83 bits per heavy atom. The van der Waals surface area contributed by atoms with Crippen molar-refractivity contribution >= 4 is 27.3 Å². The van der Waals surface area contributed by atoms with E-state index in [1.54, 1.807) is 43.3 Å². The van der Waals surface area contributed by atoms with E-state index in [-0.39, 0.29) is 5.75 Å². The molecule has 2 aromatic rings. The van der Waals surface area contributed by atoms with E-state index in [0.29, 0.717) is 16.7 Å². The Morgan fingerprint density at radius 2 is 2.11 bits per heavy atom. The molecule has 0 atom stereocenters. The van der Waals surface area contributed by atoms with Crippen LogP contribution in [0.1, 0.15) is 5.69 Å². The van der Waals surface area contributed by atoms with E-state index in [1.165, 1.54) is 6.34 Å². The van der Waals surface area contributed by atoms with E-state index in [0.717, 1.165) is 0 Å². The van der Waals surface area contributed by atoms with Crippen molar-refractivity contribution in [2.45, 2.75) is 5.75 Å². The smallest absolute Gasteiger partial charge is 0.260 e. The monoisotopic (exact) mass is 267 g/mol. The number of aromatic nitrogens is 1. The van der Waals surface area contributed by atoms with Gasteiger partial charge in [0.25, 0.3) is 10.0 Å². The molecule has 0 amide bonds. The predicted octanol–water partition coefficient (Wildman–Crippen LogP) is 1.25. The Bertz CT molecular complexity index is 674. The van der Waals surface area contributed by atoms with Crippen LogP contribution in [0.25, 0.3) is 11.0 Å². The van der Waals surface area contributed by atoms with Gasteiger partial charge >= 0.3 is 0 Å². The molecule has 1 aromatic heterocycles. The van der Waals surface area contributed by atoms with Crippen molar-refractivity contribution in [2.75, 3.05) is 14.1 Å². The third-order valence-corrected chi connectivity index (χ3v) is 3.26. The molecule has 0 fully saturated rings. The molecule has 0 spiro atoms. The predicted molar refractivity (Wildman–Crippen MR) is 68.8 cm³/mol. The largest absolute Gasteiger partial charge is 0.368 e. The molecule has 2 rings (SSSR count). The molecule has 0 unspecified atom stereocenters. The fraction of sp³-hybridized carbons (Fsp3) is 0.273. The lowest BCUT2D eigenvalue weighted by atomic mass is 10.2. The molecule has 1 aromatic carbocycles. The molecule has 0 aliphatic rings. The second-order valence-electron chi connectivity index (χ2n) is 4.04. The zero-order chi connectivity index (χ0) is 13.2. The van der Waals surface area contributed by atoms with E-state index < -0.39 is 10.0 Å². The van der Waals surface area contributed by atoms with Crippen LogP contribution in [-0.4, -0.2) is 38.9 Å². The molecule has 0 aliphatic carbocycles. The number of rotatable bonds is 4. The third-order valence-electron chi connectivity index (χ3n) is 2.21. The fourth-order valence-corrected chi connectivity index (χ4v) is 2.38. The van der Waals surface area contributed by atoms with Gasteiger partial charge in [0.05, 0.1) is 0 Å². The van der Waals surface area contributed by atoms with Crippen LogP contribution in [0.5, 0.6) is 0 Å². The molecule has 0 bridgehead atoms. The molecular weight excluding hydrogens is 254 g/mol. The van der Waals surface area contributed by atoms with Gasteiger partial charge in [-0.15, -0.1) is 0 Å². The second kappa shape index (κ2) is 4.77. The van der Waals surface area contributed by atoms with Crippen molar-refractivity contribution in [3.8, 4) is 0 Å². The summed E-state index contributed by atoms with van der Waals surface area (Å²) in [5.41, 5.74) is 0.945. The van der Waals surface area contributed by atoms with Crippen molar-refractivity contribution in [3.63, 3.8) is 0 Å². The number of hydrogen-bond donors (Lipinski definition) is 0. The summed E-state index contributed by atoms with van der Waals surface area (Å²) in [5.74, 6) is -0.269. The molecule has 6 nitrogen and oxygen atoms in total. The number of para-hydroxylation sites is 1. The van der Waals surface area contributed by atoms with Gasteiger partial charge in [0.2, 0.25) is 0 Å². The zero-order valence-corrected chi connectivity index (χ0v) is 10.9. The summed E-state index contributed by atoms with van der Waals surface area (Å²) in [5, 5.41) is 4.46. The maximum atomic E-state index is 11.7. The van der Waals surface area contributed by atoms with Gasteiger partial charge in [-0.05, 0) is 12.1 Å². The lowest BCUT2D eigenvalue weighted by Gasteiger charge is -2.02. The first-order valence-electron chi connectivity index (χ1n) is 5.26. The SMILES string of the molecule is CN(C)C=NS(=O)(=O)Cc1noc2ccccc12.